The number of benzene rings is 1. The molecule has 0 bridgehead atoms. The highest BCUT2D eigenvalue weighted by molar-refractivity contribution is 5.89. The number of hydrogen-bond acceptors (Lipinski definition) is 3. The highest BCUT2D eigenvalue weighted by atomic mass is 16.5. The topological polar surface area (TPSA) is 53.6 Å². The van der Waals surface area contributed by atoms with Gasteiger partial charge < -0.3 is 15.4 Å². The van der Waals surface area contributed by atoms with Crippen molar-refractivity contribution in [1.82, 2.24) is 10.2 Å². The number of urea groups is 1. The van der Waals surface area contributed by atoms with Crippen LogP contribution in [0.4, 0.5) is 10.5 Å². The van der Waals surface area contributed by atoms with Gasteiger partial charge in [-0.2, -0.15) is 0 Å². The molecule has 1 aliphatic carbocycles. The minimum absolute atomic E-state index is 0.0955. The van der Waals surface area contributed by atoms with Crippen LogP contribution in [0.3, 0.4) is 0 Å². The molecule has 1 saturated carbocycles. The van der Waals surface area contributed by atoms with Crippen LogP contribution >= 0.6 is 0 Å². The molecule has 0 radical (unpaired) electrons. The largest absolute Gasteiger partial charge is 0.490 e. The zero-order valence-corrected chi connectivity index (χ0v) is 14.9. The molecule has 1 aromatic carbocycles. The summed E-state index contributed by atoms with van der Waals surface area (Å²) >= 11 is 0. The fourth-order valence-electron chi connectivity index (χ4n) is 4.57. The second-order valence-corrected chi connectivity index (χ2v) is 7.64. The lowest BCUT2D eigenvalue weighted by Crippen LogP contribution is -2.47. The Morgan fingerprint density at radius 2 is 1.72 bits per heavy atom. The second-order valence-electron chi connectivity index (χ2n) is 7.64. The number of rotatable bonds is 4. The van der Waals surface area contributed by atoms with Crippen molar-refractivity contribution in [3.63, 3.8) is 0 Å². The van der Waals surface area contributed by atoms with E-state index >= 15 is 0 Å². The van der Waals surface area contributed by atoms with Crippen molar-refractivity contribution in [3.8, 4) is 5.75 Å². The quantitative estimate of drug-likeness (QED) is 0.875. The van der Waals surface area contributed by atoms with Crippen LogP contribution in [0.25, 0.3) is 0 Å². The van der Waals surface area contributed by atoms with Crippen molar-refractivity contribution in [2.75, 3.05) is 18.4 Å². The Kier molecular flexibility index (Phi) is 5.11. The van der Waals surface area contributed by atoms with E-state index in [1.165, 1.54) is 38.6 Å². The molecule has 25 heavy (non-hydrogen) atoms. The van der Waals surface area contributed by atoms with Gasteiger partial charge in [0.15, 0.2) is 0 Å². The summed E-state index contributed by atoms with van der Waals surface area (Å²) in [6, 6.07) is 8.46. The predicted molar refractivity (Wildman–Crippen MR) is 99.1 cm³/mol. The first-order chi connectivity index (χ1) is 12.3. The van der Waals surface area contributed by atoms with Crippen LogP contribution in [0, 0.1) is 0 Å². The Morgan fingerprint density at radius 3 is 2.52 bits per heavy atom. The molecule has 5 nitrogen and oxygen atoms in total. The lowest BCUT2D eigenvalue weighted by atomic mass is 9.99. The van der Waals surface area contributed by atoms with Crippen molar-refractivity contribution in [3.05, 3.63) is 24.3 Å². The number of hydrogen-bond donors (Lipinski definition) is 2. The summed E-state index contributed by atoms with van der Waals surface area (Å²) in [5, 5.41) is 6.14. The molecule has 2 amide bonds. The Hall–Kier alpha value is -1.75. The lowest BCUT2D eigenvalue weighted by Gasteiger charge is -2.32. The van der Waals surface area contributed by atoms with E-state index in [0.29, 0.717) is 12.1 Å². The Labute approximate surface area is 150 Å². The first-order valence-corrected chi connectivity index (χ1v) is 9.86. The van der Waals surface area contributed by atoms with Crippen LogP contribution in [0.2, 0.25) is 0 Å². The molecule has 0 aromatic heterocycles. The van der Waals surface area contributed by atoms with Crippen molar-refractivity contribution in [1.29, 1.82) is 0 Å². The Morgan fingerprint density at radius 1 is 0.960 bits per heavy atom. The van der Waals surface area contributed by atoms with Crippen molar-refractivity contribution in [2.45, 2.75) is 69.6 Å². The summed E-state index contributed by atoms with van der Waals surface area (Å²) in [5.74, 6) is 0.895. The lowest BCUT2D eigenvalue weighted by molar-refractivity contribution is 0.180. The average Bonchev–Trinajstić information content (AvgIpc) is 3.27. The number of nitrogens with one attached hydrogen (secondary N) is 2. The molecule has 0 spiro atoms. The number of piperidine rings is 1. The van der Waals surface area contributed by atoms with Crippen LogP contribution in [0.1, 0.15) is 51.4 Å². The zero-order chi connectivity index (χ0) is 17.1. The third-order valence-electron chi connectivity index (χ3n) is 5.89. The van der Waals surface area contributed by atoms with E-state index in [1.54, 1.807) is 0 Å². The number of carbonyl (C=O) groups is 1. The highest BCUT2D eigenvalue weighted by Gasteiger charge is 2.36. The number of carbonyl (C=O) groups excluding carboxylic acids is 1. The SMILES string of the molecule is O=C(Nc1ccc(OC2CCCC2)cc1)N[C@H]1CCN2CCCC[C@H]12. The van der Waals surface area contributed by atoms with Gasteiger partial charge in [0.05, 0.1) is 6.10 Å². The predicted octanol–water partition coefficient (Wildman–Crippen LogP) is 3.76. The van der Waals surface area contributed by atoms with Crippen LogP contribution in [-0.4, -0.2) is 42.2 Å². The average molecular weight is 343 g/mol. The number of anilines is 1. The zero-order valence-electron chi connectivity index (χ0n) is 14.9. The van der Waals surface area contributed by atoms with Gasteiger partial charge in [0, 0.05) is 24.3 Å². The third-order valence-corrected chi connectivity index (χ3v) is 5.89. The summed E-state index contributed by atoms with van der Waals surface area (Å²) in [7, 11) is 0. The van der Waals surface area contributed by atoms with Crippen molar-refractivity contribution < 1.29 is 9.53 Å². The number of nitrogens with zero attached hydrogens (tertiary/aromatic N) is 1. The first kappa shape index (κ1) is 16.7. The maximum Gasteiger partial charge on any atom is 0.319 e. The first-order valence-electron chi connectivity index (χ1n) is 9.86. The van der Waals surface area contributed by atoms with Gasteiger partial charge in [0.1, 0.15) is 5.75 Å². The molecule has 2 heterocycles. The summed E-state index contributed by atoms with van der Waals surface area (Å²) in [4.78, 5) is 14.9. The fraction of sp³-hybridized carbons (Fsp3) is 0.650. The Balaban J connectivity index is 1.27. The van der Waals surface area contributed by atoms with Gasteiger partial charge >= 0.3 is 6.03 Å². The van der Waals surface area contributed by atoms with Gasteiger partial charge in [-0.25, -0.2) is 4.79 Å². The van der Waals surface area contributed by atoms with E-state index in [9.17, 15) is 4.79 Å². The van der Waals surface area contributed by atoms with E-state index in [4.69, 9.17) is 4.74 Å². The molecule has 2 aliphatic heterocycles. The van der Waals surface area contributed by atoms with Gasteiger partial charge in [0.2, 0.25) is 0 Å². The number of fused-ring (bicyclic) bond motifs is 1. The minimum atomic E-state index is -0.0955. The van der Waals surface area contributed by atoms with Gasteiger partial charge in [-0.3, -0.25) is 4.90 Å². The number of amides is 2. The second kappa shape index (κ2) is 7.65. The molecule has 5 heteroatoms. The summed E-state index contributed by atoms with van der Waals surface area (Å²) in [6.45, 7) is 2.30. The molecule has 1 aromatic rings. The summed E-state index contributed by atoms with van der Waals surface area (Å²) in [5.41, 5.74) is 0.815. The maximum atomic E-state index is 12.3. The van der Waals surface area contributed by atoms with E-state index in [-0.39, 0.29) is 12.1 Å². The van der Waals surface area contributed by atoms with E-state index in [1.807, 2.05) is 24.3 Å². The highest BCUT2D eigenvalue weighted by Crippen LogP contribution is 2.27. The molecular weight excluding hydrogens is 314 g/mol. The van der Waals surface area contributed by atoms with E-state index in [2.05, 4.69) is 15.5 Å². The molecule has 2 saturated heterocycles. The molecule has 2 atom stereocenters. The molecular formula is C20H29N3O2. The summed E-state index contributed by atoms with van der Waals surface area (Å²) in [6.07, 6.45) is 10.1. The van der Waals surface area contributed by atoms with Crippen LogP contribution < -0.4 is 15.4 Å². The maximum absolute atomic E-state index is 12.3. The van der Waals surface area contributed by atoms with Crippen molar-refractivity contribution in [2.24, 2.45) is 0 Å². The van der Waals surface area contributed by atoms with E-state index in [0.717, 1.165) is 37.2 Å². The summed E-state index contributed by atoms with van der Waals surface area (Å²) < 4.78 is 5.97. The normalized spacial score (nSPS) is 27.0. The number of ether oxygens (including phenoxy) is 1. The monoisotopic (exact) mass is 343 g/mol. The van der Waals surface area contributed by atoms with Crippen LogP contribution in [0.15, 0.2) is 24.3 Å². The van der Waals surface area contributed by atoms with Gasteiger partial charge in [-0.1, -0.05) is 6.42 Å². The van der Waals surface area contributed by atoms with Gasteiger partial charge in [0.25, 0.3) is 0 Å². The minimum Gasteiger partial charge on any atom is -0.490 e. The molecule has 0 unspecified atom stereocenters. The van der Waals surface area contributed by atoms with E-state index < -0.39 is 0 Å². The third kappa shape index (κ3) is 4.09. The molecule has 136 valence electrons. The van der Waals surface area contributed by atoms with Crippen LogP contribution in [0.5, 0.6) is 5.75 Å². The molecule has 3 aliphatic rings. The van der Waals surface area contributed by atoms with Gasteiger partial charge in [-0.15, -0.1) is 0 Å². The molecule has 2 N–H and O–H groups in total. The molecule has 3 fully saturated rings. The fourth-order valence-corrected chi connectivity index (χ4v) is 4.57. The molecule has 4 rings (SSSR count). The van der Waals surface area contributed by atoms with Gasteiger partial charge in [-0.05, 0) is 75.8 Å². The standard InChI is InChI=1S/C20H29N3O2/c24-20(22-18-12-14-23-13-4-3-7-19(18)23)21-15-8-10-17(11-9-15)25-16-5-1-2-6-16/h8-11,16,18-19H,1-7,12-14H2,(H2,21,22,24)/t18-,19+/m0/s1. The van der Waals surface area contributed by atoms with Crippen molar-refractivity contribution >= 4 is 11.7 Å². The smallest absolute Gasteiger partial charge is 0.319 e. The Bertz CT molecular complexity index is 583. The van der Waals surface area contributed by atoms with Crippen LogP contribution in [-0.2, 0) is 0 Å².